The molecule has 5 aliphatic carbocycles. The number of nitrogens with zero attached hydrogens (tertiary/aromatic N) is 5. The molecule has 0 radical (unpaired) electrons. The van der Waals surface area contributed by atoms with E-state index in [1.807, 2.05) is 0 Å². The molecule has 0 N–H and O–H groups in total. The lowest BCUT2D eigenvalue weighted by atomic mass is 9.78. The molecule has 10 aromatic rings. The smallest absolute Gasteiger partial charge is 0.119 e. The van der Waals surface area contributed by atoms with E-state index in [1.165, 1.54) is 431 Å². The molecule has 5 fully saturated rings. The lowest BCUT2D eigenvalue weighted by molar-refractivity contribution is 0.300. The number of rotatable bonds is 60. The first-order valence-electron chi connectivity index (χ1n) is 62.4. The van der Waals surface area contributed by atoms with Crippen LogP contribution in [0, 0.1) is 29.6 Å². The van der Waals surface area contributed by atoms with E-state index in [1.54, 1.807) is 0 Å². The molecule has 0 amide bonds. The fraction of sp³-hybridized carbons (Fsp3) is 0.607. The van der Waals surface area contributed by atoms with E-state index in [9.17, 15) is 0 Å². The first kappa shape index (κ1) is 121. The van der Waals surface area contributed by atoms with Gasteiger partial charge in [-0.15, -0.1) is 0 Å². The molecule has 0 unspecified atom stereocenters. The lowest BCUT2D eigenvalue weighted by Crippen LogP contribution is -2.14. The first-order chi connectivity index (χ1) is 74.0. The van der Waals surface area contributed by atoms with Crippen LogP contribution in [-0.2, 0) is 0 Å². The second-order valence-corrected chi connectivity index (χ2v) is 45.6. The Bertz CT molecular complexity index is 4970. The van der Waals surface area contributed by atoms with Crippen molar-refractivity contribution in [2.24, 2.45) is 29.6 Å². The second kappa shape index (κ2) is 74.0. The molecule has 0 saturated heterocycles. The van der Waals surface area contributed by atoms with E-state index in [0.29, 0.717) is 29.6 Å². The first-order valence-corrected chi connectivity index (χ1v) is 62.4. The molecule has 5 heterocycles. The molecule has 150 heavy (non-hydrogen) atoms. The van der Waals surface area contributed by atoms with Crippen molar-refractivity contribution in [1.29, 1.82) is 0 Å². The summed E-state index contributed by atoms with van der Waals surface area (Å²) in [5.74, 6) is 12.9. The van der Waals surface area contributed by atoms with Crippen molar-refractivity contribution in [2.45, 2.75) is 484 Å². The molecule has 5 aromatic heterocycles. The van der Waals surface area contributed by atoms with Gasteiger partial charge in [0.1, 0.15) is 28.7 Å². The minimum atomic E-state index is 0.657. The maximum Gasteiger partial charge on any atom is 0.119 e. The third-order valence-electron chi connectivity index (χ3n) is 33.6. The molecule has 0 spiro atoms. The maximum absolute atomic E-state index is 5.93. The zero-order chi connectivity index (χ0) is 105. The number of aromatic nitrogens is 5. The zero-order valence-corrected chi connectivity index (χ0v) is 96.2. The highest BCUT2D eigenvalue weighted by Crippen LogP contribution is 2.45. The third kappa shape index (κ3) is 45.5. The van der Waals surface area contributed by atoms with Gasteiger partial charge in [0, 0.05) is 117 Å². The normalized spacial score (nSPS) is 19.0. The predicted molar refractivity (Wildman–Crippen MR) is 641 cm³/mol. The summed E-state index contributed by atoms with van der Waals surface area (Å²) in [6.07, 6.45) is 90.2. The largest absolute Gasteiger partial charge is 0.494 e. The number of hydrogen-bond acceptors (Lipinski definition) is 10. The highest BCUT2D eigenvalue weighted by molar-refractivity contribution is 5.67. The average Bonchev–Trinajstić information content (AvgIpc) is 0.845. The standard InChI is InChI=1S/C30H45NO.C29H43NO.C28H41NO.C27H39NO.C26H37NO/c1-3-5-7-8-9-11-23-32-29-20-17-26(18-21-29)28-19-22-30(31-24-28)27-15-13-25(14-16-27)12-10-6-4-2;1-3-5-7-8-10-22-31-28-19-16-25(17-20-28)27-18-21-29(30-23-27)26-14-12-24(13-15-26)11-9-6-4-2;1-3-5-7-9-21-30-27-18-15-24(16-19-27)26-17-20-28(29-22-26)25-13-11-23(12-14-25)10-8-6-4-2;1-3-5-7-9-22-10-12-24(13-11-22)27-19-16-25(21-28-27)23-14-17-26(18-15-23)29-20-8-6-4-2;1-3-5-7-8-21-9-11-23(12-10-21)26-18-15-24(20-27-26)22-13-16-25(17-14-22)28-19-6-4-2/h17-22,24-25,27H,3-16,23H2,1-2H3;16-21,23-24,26H,3-15,22H2,1-2H3;15-20,22-23,25H,3-14,21H2,1-2H3;14-19,21-22,24H,3-13,20H2,1-2H3;13-18,20-21,23H,3-12,19H2,1-2H3. The monoisotopic (exact) mass is 2040 g/mol. The van der Waals surface area contributed by atoms with Gasteiger partial charge in [-0.25, -0.2) is 0 Å². The second-order valence-electron chi connectivity index (χ2n) is 45.6. The molecule has 10 nitrogen and oxygen atoms in total. The van der Waals surface area contributed by atoms with E-state index in [-0.39, 0.29) is 0 Å². The Hall–Kier alpha value is -9.15. The summed E-state index contributed by atoms with van der Waals surface area (Å²) in [4.78, 5) is 24.2. The Balaban J connectivity index is 0.000000178. The van der Waals surface area contributed by atoms with Crippen LogP contribution in [0.15, 0.2) is 213 Å². The van der Waals surface area contributed by atoms with Crippen LogP contribution in [0.3, 0.4) is 0 Å². The van der Waals surface area contributed by atoms with Crippen molar-refractivity contribution >= 4 is 0 Å². The van der Waals surface area contributed by atoms with Gasteiger partial charge in [0.25, 0.3) is 0 Å². The molecule has 0 aliphatic heterocycles. The SMILES string of the molecule is CCCCCC1CCC(c2ccc(-c3ccc(OCCCC)cc3)cn2)CC1.CCCCCCCCOc1ccc(-c2ccc(C3CCC(CCCCC)CC3)nc2)cc1.CCCCCCCOc1ccc(-c2ccc(C3CCC(CCCCC)CC3)nc2)cc1.CCCCCCOc1ccc(-c2ccc(C3CCC(CCCCC)CC3)nc2)cc1.CCCCCOc1ccc(-c2ccc(C3CCC(CCCCC)CC3)nc2)cc1. The van der Waals surface area contributed by atoms with E-state index in [0.717, 1.165) is 130 Å². The predicted octanol–water partition coefficient (Wildman–Crippen LogP) is 42.8. The van der Waals surface area contributed by atoms with Crippen LogP contribution in [0.1, 0.15) is 513 Å². The molecule has 0 atom stereocenters. The number of hydrogen-bond donors (Lipinski definition) is 0. The Morgan fingerprint density at radius 2 is 0.300 bits per heavy atom. The Kier molecular flexibility index (Phi) is 59.7. The van der Waals surface area contributed by atoms with Crippen molar-refractivity contribution in [3.05, 3.63) is 241 Å². The van der Waals surface area contributed by atoms with Gasteiger partial charge in [-0.1, -0.05) is 385 Å². The lowest BCUT2D eigenvalue weighted by Gasteiger charge is -2.28. The Morgan fingerprint density at radius 1 is 0.153 bits per heavy atom. The molecule has 5 saturated carbocycles. The number of benzene rings is 5. The van der Waals surface area contributed by atoms with Crippen LogP contribution in [0.4, 0.5) is 0 Å². The summed E-state index contributed by atoms with van der Waals surface area (Å²) in [5.41, 5.74) is 18.5. The van der Waals surface area contributed by atoms with Gasteiger partial charge in [-0.2, -0.15) is 0 Å². The van der Waals surface area contributed by atoms with Crippen LogP contribution in [0.2, 0.25) is 0 Å². The minimum absolute atomic E-state index is 0.657. The van der Waals surface area contributed by atoms with Crippen LogP contribution in [0.25, 0.3) is 55.6 Å². The minimum Gasteiger partial charge on any atom is -0.494 e. The molecule has 5 aliphatic rings. The van der Waals surface area contributed by atoms with Gasteiger partial charge in [-0.3, -0.25) is 24.9 Å². The number of ether oxygens (including phenoxy) is 5. The fourth-order valence-corrected chi connectivity index (χ4v) is 23.5. The van der Waals surface area contributed by atoms with Gasteiger partial charge in [0.15, 0.2) is 0 Å². The summed E-state index contributed by atoms with van der Waals surface area (Å²) in [6.45, 7) is 26.7. The zero-order valence-electron chi connectivity index (χ0n) is 96.2. The average molecular weight is 2040 g/mol. The summed E-state index contributed by atoms with van der Waals surface area (Å²) in [7, 11) is 0. The van der Waals surface area contributed by atoms with E-state index in [4.69, 9.17) is 48.6 Å². The maximum atomic E-state index is 5.93. The third-order valence-corrected chi connectivity index (χ3v) is 33.6. The quantitative estimate of drug-likeness (QED) is 0.0342. The Labute approximate surface area is 915 Å². The van der Waals surface area contributed by atoms with E-state index in [2.05, 4.69) is 282 Å². The van der Waals surface area contributed by atoms with Crippen LogP contribution in [0.5, 0.6) is 28.7 Å². The topological polar surface area (TPSA) is 111 Å². The van der Waals surface area contributed by atoms with Gasteiger partial charge in [0.05, 0.1) is 33.0 Å². The molecule has 10 heteroatoms. The van der Waals surface area contributed by atoms with Gasteiger partial charge < -0.3 is 23.7 Å². The van der Waals surface area contributed by atoms with Crippen molar-refractivity contribution < 1.29 is 23.7 Å². The molecule has 5 aromatic carbocycles. The van der Waals surface area contributed by atoms with Crippen LogP contribution >= 0.6 is 0 Å². The summed E-state index contributed by atoms with van der Waals surface area (Å²) >= 11 is 0. The van der Waals surface area contributed by atoms with Gasteiger partial charge in [-0.05, 0) is 309 Å². The van der Waals surface area contributed by atoms with Crippen molar-refractivity contribution in [2.75, 3.05) is 33.0 Å². The molecule has 0 bridgehead atoms. The summed E-state index contributed by atoms with van der Waals surface area (Å²) in [5, 5.41) is 0. The van der Waals surface area contributed by atoms with E-state index < -0.39 is 0 Å². The summed E-state index contributed by atoms with van der Waals surface area (Å²) in [6, 6.07) is 64.9. The van der Waals surface area contributed by atoms with Crippen molar-refractivity contribution in [3.63, 3.8) is 0 Å². The van der Waals surface area contributed by atoms with Crippen molar-refractivity contribution in [3.8, 4) is 84.4 Å². The Morgan fingerprint density at radius 3 is 0.480 bits per heavy atom. The van der Waals surface area contributed by atoms with Crippen molar-refractivity contribution in [1.82, 2.24) is 24.9 Å². The highest BCUT2D eigenvalue weighted by atomic mass is 16.5. The van der Waals surface area contributed by atoms with Gasteiger partial charge in [0.2, 0.25) is 0 Å². The number of pyridine rings is 5. The molecular weight excluding hydrogens is 1830 g/mol. The fourth-order valence-electron chi connectivity index (χ4n) is 23.5. The molecule has 820 valence electrons. The van der Waals surface area contributed by atoms with E-state index >= 15 is 0 Å². The van der Waals surface area contributed by atoms with Gasteiger partial charge >= 0.3 is 0 Å². The van der Waals surface area contributed by atoms with Crippen LogP contribution < -0.4 is 23.7 Å². The molecular formula is C140H205N5O5. The molecule has 15 rings (SSSR count). The summed E-state index contributed by atoms with van der Waals surface area (Å²) < 4.78 is 29.3. The highest BCUT2D eigenvalue weighted by Gasteiger charge is 2.29. The van der Waals surface area contributed by atoms with Crippen LogP contribution in [-0.4, -0.2) is 58.0 Å². The number of unbranched alkanes of at least 4 members (excludes halogenated alkanes) is 25.